The number of nitrogens with one attached hydrogen (secondary N) is 1. The van der Waals surface area contributed by atoms with Crippen molar-refractivity contribution < 1.29 is 17.5 Å². The van der Waals surface area contributed by atoms with Crippen molar-refractivity contribution in [2.45, 2.75) is 17.9 Å². The summed E-state index contributed by atoms with van der Waals surface area (Å²) in [6, 6.07) is 3.87. The van der Waals surface area contributed by atoms with Crippen LogP contribution in [0.25, 0.3) is 0 Å². The molecule has 0 unspecified atom stereocenters. The van der Waals surface area contributed by atoms with Gasteiger partial charge in [-0.2, -0.15) is 4.31 Å². The van der Waals surface area contributed by atoms with Crippen molar-refractivity contribution >= 4 is 10.0 Å². The Morgan fingerprint density at radius 2 is 2.15 bits per heavy atom. The molecular weight excluding hydrogens is 283 g/mol. The smallest absolute Gasteiger partial charge is 0.243 e. The van der Waals surface area contributed by atoms with Gasteiger partial charge in [-0.1, -0.05) is 6.07 Å². The summed E-state index contributed by atoms with van der Waals surface area (Å²) < 4.78 is 45.4. The van der Waals surface area contributed by atoms with Gasteiger partial charge in [0.15, 0.2) is 0 Å². The van der Waals surface area contributed by atoms with E-state index in [1.807, 2.05) is 0 Å². The molecule has 0 radical (unpaired) electrons. The summed E-state index contributed by atoms with van der Waals surface area (Å²) in [6.07, 6.45) is 0.649. The summed E-state index contributed by atoms with van der Waals surface area (Å²) in [5.74, 6) is -0.547. The predicted octanol–water partition coefficient (Wildman–Crippen LogP) is 0.956. The Morgan fingerprint density at radius 3 is 2.90 bits per heavy atom. The number of benzene rings is 1. The van der Waals surface area contributed by atoms with Crippen LogP contribution in [0.4, 0.5) is 4.39 Å². The minimum Gasteiger partial charge on any atom is -0.380 e. The Bertz CT molecular complexity index is 555. The number of rotatable bonds is 4. The molecule has 20 heavy (non-hydrogen) atoms. The standard InChI is InChI=1S/C13H19FN2O3S/c1-15-10-11-3-4-12(14)9-13(11)20(17,18)16-5-2-7-19-8-6-16/h3-4,9,15H,2,5-8,10H2,1H3. The molecule has 1 aliphatic rings. The van der Waals surface area contributed by atoms with E-state index in [2.05, 4.69) is 5.32 Å². The summed E-state index contributed by atoms with van der Waals surface area (Å²) in [4.78, 5) is 0.0359. The molecule has 0 spiro atoms. The molecule has 2 rings (SSSR count). The molecule has 0 atom stereocenters. The van der Waals surface area contributed by atoms with Crippen LogP contribution in [0.1, 0.15) is 12.0 Å². The van der Waals surface area contributed by atoms with Gasteiger partial charge in [0, 0.05) is 26.2 Å². The topological polar surface area (TPSA) is 58.6 Å². The highest BCUT2D eigenvalue weighted by atomic mass is 32.2. The Hall–Kier alpha value is -1.02. The van der Waals surface area contributed by atoms with E-state index >= 15 is 0 Å². The fourth-order valence-corrected chi connectivity index (χ4v) is 3.90. The van der Waals surface area contributed by atoms with Gasteiger partial charge in [-0.25, -0.2) is 12.8 Å². The Labute approximate surface area is 118 Å². The molecule has 0 aliphatic carbocycles. The highest BCUT2D eigenvalue weighted by Gasteiger charge is 2.27. The summed E-state index contributed by atoms with van der Waals surface area (Å²) >= 11 is 0. The maximum Gasteiger partial charge on any atom is 0.243 e. The van der Waals surface area contributed by atoms with Gasteiger partial charge in [0.1, 0.15) is 5.82 Å². The van der Waals surface area contributed by atoms with Crippen LogP contribution in [0.15, 0.2) is 23.1 Å². The highest BCUT2D eigenvalue weighted by Crippen LogP contribution is 2.22. The SMILES string of the molecule is CNCc1ccc(F)cc1S(=O)(=O)N1CCCOCC1. The summed E-state index contributed by atoms with van der Waals surface area (Å²) in [6.45, 7) is 2.00. The molecule has 1 aliphatic heterocycles. The Kier molecular flexibility index (Phi) is 5.09. The third-order valence-electron chi connectivity index (χ3n) is 3.20. The van der Waals surface area contributed by atoms with Crippen LogP contribution in [0.3, 0.4) is 0 Å². The number of hydrogen-bond acceptors (Lipinski definition) is 4. The second-order valence-corrected chi connectivity index (χ2v) is 6.56. The maximum absolute atomic E-state index is 13.4. The van der Waals surface area contributed by atoms with Gasteiger partial charge in [0.25, 0.3) is 0 Å². The number of halogens is 1. The molecule has 0 saturated carbocycles. The van der Waals surface area contributed by atoms with E-state index in [9.17, 15) is 12.8 Å². The van der Waals surface area contributed by atoms with Crippen LogP contribution >= 0.6 is 0 Å². The van der Waals surface area contributed by atoms with Gasteiger partial charge in [-0.3, -0.25) is 0 Å². The monoisotopic (exact) mass is 302 g/mol. The zero-order valence-corrected chi connectivity index (χ0v) is 12.2. The molecule has 1 aromatic carbocycles. The minimum absolute atomic E-state index is 0.0359. The van der Waals surface area contributed by atoms with Gasteiger partial charge in [0.2, 0.25) is 10.0 Å². The molecule has 7 heteroatoms. The maximum atomic E-state index is 13.4. The van der Waals surface area contributed by atoms with E-state index in [-0.39, 0.29) is 4.90 Å². The van der Waals surface area contributed by atoms with Crippen molar-refractivity contribution in [3.8, 4) is 0 Å². The number of sulfonamides is 1. The van der Waals surface area contributed by atoms with Crippen molar-refractivity contribution in [3.05, 3.63) is 29.6 Å². The highest BCUT2D eigenvalue weighted by molar-refractivity contribution is 7.89. The number of hydrogen-bond donors (Lipinski definition) is 1. The lowest BCUT2D eigenvalue weighted by Gasteiger charge is -2.21. The molecule has 1 aromatic rings. The second kappa shape index (κ2) is 6.62. The average Bonchev–Trinajstić information content (AvgIpc) is 2.70. The molecule has 112 valence electrons. The van der Waals surface area contributed by atoms with Crippen molar-refractivity contribution in [1.29, 1.82) is 0 Å². The Morgan fingerprint density at radius 1 is 1.35 bits per heavy atom. The third-order valence-corrected chi connectivity index (χ3v) is 5.18. The van der Waals surface area contributed by atoms with Crippen molar-refractivity contribution in [1.82, 2.24) is 9.62 Å². The fourth-order valence-electron chi connectivity index (χ4n) is 2.21. The Balaban J connectivity index is 2.39. The zero-order chi connectivity index (χ0) is 14.6. The summed E-state index contributed by atoms with van der Waals surface area (Å²) in [5, 5.41) is 2.90. The first-order valence-electron chi connectivity index (χ1n) is 6.56. The predicted molar refractivity (Wildman–Crippen MR) is 73.4 cm³/mol. The molecule has 1 heterocycles. The van der Waals surface area contributed by atoms with E-state index < -0.39 is 15.8 Å². The second-order valence-electron chi connectivity index (χ2n) is 4.65. The van der Waals surface area contributed by atoms with Crippen LogP contribution < -0.4 is 5.32 Å². The number of nitrogens with zero attached hydrogens (tertiary/aromatic N) is 1. The van der Waals surface area contributed by atoms with Crippen molar-refractivity contribution in [2.75, 3.05) is 33.4 Å². The first kappa shape index (κ1) is 15.4. The van der Waals surface area contributed by atoms with Crippen LogP contribution in [0.5, 0.6) is 0 Å². The lowest BCUT2D eigenvalue weighted by Crippen LogP contribution is -2.34. The van der Waals surface area contributed by atoms with Gasteiger partial charge in [-0.05, 0) is 31.2 Å². The molecule has 0 aromatic heterocycles. The van der Waals surface area contributed by atoms with E-state index in [4.69, 9.17) is 4.74 Å². The lowest BCUT2D eigenvalue weighted by molar-refractivity contribution is 0.148. The van der Waals surface area contributed by atoms with Crippen molar-refractivity contribution in [3.63, 3.8) is 0 Å². The summed E-state index contributed by atoms with van der Waals surface area (Å²) in [7, 11) is -1.97. The van der Waals surface area contributed by atoms with E-state index in [0.717, 1.165) is 6.07 Å². The first-order valence-corrected chi connectivity index (χ1v) is 8.00. The largest absolute Gasteiger partial charge is 0.380 e. The quantitative estimate of drug-likeness (QED) is 0.900. The van der Waals surface area contributed by atoms with Crippen LogP contribution in [-0.2, 0) is 21.3 Å². The van der Waals surface area contributed by atoms with Gasteiger partial charge < -0.3 is 10.1 Å². The van der Waals surface area contributed by atoms with E-state index in [0.29, 0.717) is 44.8 Å². The van der Waals surface area contributed by atoms with Crippen LogP contribution in [-0.4, -0.2) is 46.1 Å². The summed E-state index contributed by atoms with van der Waals surface area (Å²) in [5.41, 5.74) is 0.569. The fraction of sp³-hybridized carbons (Fsp3) is 0.538. The first-order chi connectivity index (χ1) is 9.55. The lowest BCUT2D eigenvalue weighted by atomic mass is 10.2. The molecule has 1 fully saturated rings. The van der Waals surface area contributed by atoms with Gasteiger partial charge in [0.05, 0.1) is 11.5 Å². The van der Waals surface area contributed by atoms with Gasteiger partial charge >= 0.3 is 0 Å². The van der Waals surface area contributed by atoms with Crippen LogP contribution in [0.2, 0.25) is 0 Å². The minimum atomic E-state index is -3.69. The molecule has 1 N–H and O–H groups in total. The van der Waals surface area contributed by atoms with Crippen LogP contribution in [0, 0.1) is 5.82 Å². The average molecular weight is 302 g/mol. The molecule has 1 saturated heterocycles. The van der Waals surface area contributed by atoms with E-state index in [1.165, 1.54) is 16.4 Å². The zero-order valence-electron chi connectivity index (χ0n) is 11.4. The molecule has 0 amide bonds. The number of ether oxygens (including phenoxy) is 1. The normalized spacial score (nSPS) is 17.9. The molecule has 5 nitrogen and oxygen atoms in total. The van der Waals surface area contributed by atoms with Crippen molar-refractivity contribution in [2.24, 2.45) is 0 Å². The van der Waals surface area contributed by atoms with Gasteiger partial charge in [-0.15, -0.1) is 0 Å². The molecule has 0 bridgehead atoms. The molecular formula is C13H19FN2O3S. The van der Waals surface area contributed by atoms with E-state index in [1.54, 1.807) is 7.05 Å². The third kappa shape index (κ3) is 3.35.